The summed E-state index contributed by atoms with van der Waals surface area (Å²) in [6.07, 6.45) is -7.52. The largest absolute Gasteiger partial charge is 0.465 e. The Morgan fingerprint density at radius 1 is 1.16 bits per heavy atom. The zero-order chi connectivity index (χ0) is 32.6. The summed E-state index contributed by atoms with van der Waals surface area (Å²) in [6, 6.07) is -0.627. The molecule has 4 rings (SSSR count). The first-order valence-electron chi connectivity index (χ1n) is 13.2. The topological polar surface area (TPSA) is 168 Å². The van der Waals surface area contributed by atoms with E-state index in [1.807, 2.05) is 0 Å². The number of aromatic nitrogens is 4. The van der Waals surface area contributed by atoms with Gasteiger partial charge >= 0.3 is 12.3 Å². The first-order valence-corrected chi connectivity index (χ1v) is 14.9. The molecule has 1 saturated carbocycles. The van der Waals surface area contributed by atoms with Gasteiger partial charge in [-0.2, -0.15) is 18.2 Å². The van der Waals surface area contributed by atoms with Crippen molar-refractivity contribution in [2.75, 3.05) is 15.8 Å². The Labute approximate surface area is 246 Å². The van der Waals surface area contributed by atoms with Crippen molar-refractivity contribution < 1.29 is 44.7 Å². The van der Waals surface area contributed by atoms with Crippen molar-refractivity contribution in [3.05, 3.63) is 40.3 Å². The predicted octanol–water partition coefficient (Wildman–Crippen LogP) is 4.35. The van der Waals surface area contributed by atoms with Crippen molar-refractivity contribution >= 4 is 38.9 Å². The number of halogens is 6. The van der Waals surface area contributed by atoms with Crippen LogP contribution in [-0.2, 0) is 10.0 Å². The van der Waals surface area contributed by atoms with Crippen LogP contribution in [0.5, 0.6) is 0 Å². The van der Waals surface area contributed by atoms with Gasteiger partial charge in [0.1, 0.15) is 23.1 Å². The molecular formula is C25H27F6N7O5S. The molecule has 3 unspecified atom stereocenters. The lowest BCUT2D eigenvalue weighted by Crippen LogP contribution is -2.47. The Kier molecular flexibility index (Phi) is 9.26. The molecule has 0 aliphatic heterocycles. The van der Waals surface area contributed by atoms with Crippen LogP contribution in [0.3, 0.4) is 0 Å². The maximum Gasteiger partial charge on any atom is 0.404 e. The highest BCUT2D eigenvalue weighted by Crippen LogP contribution is 2.29. The fraction of sp³-hybridized carbons (Fsp3) is 0.480. The molecule has 0 saturated heterocycles. The molecule has 12 nitrogen and oxygen atoms in total. The molecule has 240 valence electrons. The van der Waals surface area contributed by atoms with Crippen molar-refractivity contribution in [1.82, 2.24) is 24.8 Å². The summed E-state index contributed by atoms with van der Waals surface area (Å²) in [5.41, 5.74) is -2.79. The number of hydrogen-bond acceptors (Lipinski definition) is 8. The normalized spacial score (nSPS) is 19.2. The first kappa shape index (κ1) is 32.7. The van der Waals surface area contributed by atoms with Crippen molar-refractivity contribution in [3.8, 4) is 11.3 Å². The van der Waals surface area contributed by atoms with Gasteiger partial charge in [0.15, 0.2) is 17.3 Å². The quantitative estimate of drug-likeness (QED) is 0.246. The zero-order valence-corrected chi connectivity index (χ0v) is 23.9. The highest BCUT2D eigenvalue weighted by Gasteiger charge is 2.33. The van der Waals surface area contributed by atoms with Crippen LogP contribution in [0.4, 0.5) is 42.8 Å². The van der Waals surface area contributed by atoms with Crippen LogP contribution in [0, 0.1) is 11.6 Å². The lowest BCUT2D eigenvalue weighted by molar-refractivity contribution is -0.129. The minimum atomic E-state index is -4.81. The third-order valence-electron chi connectivity index (χ3n) is 6.79. The second-order valence-corrected chi connectivity index (χ2v) is 12.3. The number of sulfonamides is 1. The maximum absolute atomic E-state index is 14.9. The Morgan fingerprint density at radius 2 is 1.82 bits per heavy atom. The van der Waals surface area contributed by atoms with Gasteiger partial charge in [0.2, 0.25) is 16.0 Å². The number of fused-ring (bicyclic) bond motifs is 1. The van der Waals surface area contributed by atoms with Crippen molar-refractivity contribution in [1.29, 1.82) is 0 Å². The number of hydrogen-bond donors (Lipinski definition) is 4. The smallest absolute Gasteiger partial charge is 0.404 e. The third kappa shape index (κ3) is 7.67. The van der Waals surface area contributed by atoms with Crippen molar-refractivity contribution in [2.24, 2.45) is 0 Å². The highest BCUT2D eigenvalue weighted by atomic mass is 32.2. The Morgan fingerprint density at radius 3 is 2.39 bits per heavy atom. The molecule has 0 radical (unpaired) electrons. The predicted molar refractivity (Wildman–Crippen MR) is 147 cm³/mol. The number of anilines is 2. The van der Waals surface area contributed by atoms with Crippen LogP contribution < -0.4 is 20.9 Å². The average molecular weight is 652 g/mol. The SMILES string of the molecule is CC(C)n1c(=O)c(-c2cc(F)c(NS(=O)(=O)CCC(F)(F)F)c(F)c2)nc2cnc(NC3CCC(NC(=O)O)C(F)C3)nc21. The molecule has 2 heterocycles. The van der Waals surface area contributed by atoms with E-state index in [0.29, 0.717) is 18.6 Å². The van der Waals surface area contributed by atoms with Crippen LogP contribution >= 0.6 is 0 Å². The Balaban J connectivity index is 1.64. The minimum absolute atomic E-state index is 0.0296. The van der Waals surface area contributed by atoms with E-state index in [0.717, 1.165) is 0 Å². The van der Waals surface area contributed by atoms with Crippen LogP contribution in [0.15, 0.2) is 23.1 Å². The van der Waals surface area contributed by atoms with Gasteiger partial charge < -0.3 is 15.7 Å². The summed E-state index contributed by atoms with van der Waals surface area (Å²) in [6.45, 7) is 3.26. The van der Waals surface area contributed by atoms with Gasteiger partial charge in [-0.05, 0) is 38.8 Å². The van der Waals surface area contributed by atoms with Gasteiger partial charge in [-0.1, -0.05) is 0 Å². The van der Waals surface area contributed by atoms with Crippen LogP contribution in [-0.4, -0.2) is 69.3 Å². The molecule has 1 amide bonds. The lowest BCUT2D eigenvalue weighted by atomic mass is 9.89. The molecule has 1 aromatic carbocycles. The lowest BCUT2D eigenvalue weighted by Gasteiger charge is -2.31. The van der Waals surface area contributed by atoms with Gasteiger partial charge in [-0.25, -0.2) is 36.4 Å². The maximum atomic E-state index is 14.9. The van der Waals surface area contributed by atoms with Gasteiger partial charge in [0, 0.05) is 24.1 Å². The minimum Gasteiger partial charge on any atom is -0.465 e. The van der Waals surface area contributed by atoms with Gasteiger partial charge in [0.05, 0.1) is 24.4 Å². The molecule has 0 spiro atoms. The summed E-state index contributed by atoms with van der Waals surface area (Å²) in [5, 5.41) is 14.0. The molecule has 3 aromatic rings. The Hall–Kier alpha value is -4.16. The fourth-order valence-electron chi connectivity index (χ4n) is 4.75. The average Bonchev–Trinajstić information content (AvgIpc) is 2.90. The molecular weight excluding hydrogens is 624 g/mol. The van der Waals surface area contributed by atoms with Crippen molar-refractivity contribution in [3.63, 3.8) is 0 Å². The summed E-state index contributed by atoms with van der Waals surface area (Å²) in [4.78, 5) is 37.0. The second-order valence-electron chi connectivity index (χ2n) is 10.5. The second kappa shape index (κ2) is 12.4. The summed E-state index contributed by atoms with van der Waals surface area (Å²) in [5.74, 6) is -4.43. The van der Waals surface area contributed by atoms with E-state index in [9.17, 15) is 44.3 Å². The first-order chi connectivity index (χ1) is 20.4. The molecule has 3 atom stereocenters. The zero-order valence-electron chi connectivity index (χ0n) is 23.1. The van der Waals surface area contributed by atoms with Gasteiger partial charge in [0.25, 0.3) is 5.56 Å². The number of carbonyl (C=O) groups is 1. The van der Waals surface area contributed by atoms with E-state index in [1.165, 1.54) is 15.5 Å². The van der Waals surface area contributed by atoms with Gasteiger partial charge in [-0.15, -0.1) is 0 Å². The van der Waals surface area contributed by atoms with Crippen LogP contribution in [0.1, 0.15) is 45.6 Å². The monoisotopic (exact) mass is 651 g/mol. The number of alkyl halides is 4. The number of nitrogens with one attached hydrogen (secondary N) is 3. The highest BCUT2D eigenvalue weighted by molar-refractivity contribution is 7.92. The summed E-state index contributed by atoms with van der Waals surface area (Å²) in [7, 11) is -4.77. The van der Waals surface area contributed by atoms with Crippen LogP contribution in [0.2, 0.25) is 0 Å². The number of rotatable bonds is 9. The van der Waals surface area contributed by atoms with E-state index in [4.69, 9.17) is 5.11 Å². The van der Waals surface area contributed by atoms with Crippen LogP contribution in [0.25, 0.3) is 22.4 Å². The van der Waals surface area contributed by atoms with E-state index in [1.54, 1.807) is 13.8 Å². The summed E-state index contributed by atoms with van der Waals surface area (Å²) >= 11 is 0. The fourth-order valence-corrected chi connectivity index (χ4v) is 5.86. The molecule has 1 aliphatic carbocycles. The summed E-state index contributed by atoms with van der Waals surface area (Å²) < 4.78 is 108. The molecule has 44 heavy (non-hydrogen) atoms. The molecule has 1 fully saturated rings. The molecule has 1 aliphatic rings. The standard InChI is InChI=1S/C25H27F6N7O5S/c1-11(2)38-21-18(10-32-23(36-21)33-13-3-4-17(14(26)9-13)35-24(40)41)34-19(22(38)39)12-7-15(27)20(16(28)8-12)37-44(42,43)6-5-25(29,30)31/h7-8,10-11,13-14,17,35,37H,3-6,9H2,1-2H3,(H,40,41)(H,32,33,36). The number of benzene rings is 1. The van der Waals surface area contributed by atoms with E-state index in [2.05, 4.69) is 25.6 Å². The van der Waals surface area contributed by atoms with E-state index >= 15 is 0 Å². The Bertz CT molecular complexity index is 1710. The molecule has 4 N–H and O–H groups in total. The van der Waals surface area contributed by atoms with Gasteiger partial charge in [-0.3, -0.25) is 14.1 Å². The van der Waals surface area contributed by atoms with Crippen molar-refractivity contribution in [2.45, 2.75) is 70.0 Å². The molecule has 0 bridgehead atoms. The number of amides is 1. The molecule has 2 aromatic heterocycles. The van der Waals surface area contributed by atoms with E-state index in [-0.39, 0.29) is 35.5 Å². The molecule has 19 heteroatoms. The number of nitrogens with zero attached hydrogens (tertiary/aromatic N) is 4. The third-order valence-corrected chi connectivity index (χ3v) is 8.05. The number of carboxylic acid groups (broad SMARTS) is 1. The van der Waals surface area contributed by atoms with E-state index < -0.39 is 87.3 Å².